The molecule has 0 aliphatic carbocycles. The lowest BCUT2D eigenvalue weighted by Crippen LogP contribution is -2.18. The van der Waals surface area contributed by atoms with Gasteiger partial charge in [0.2, 0.25) is 0 Å². The number of benzene rings is 1. The van der Waals surface area contributed by atoms with Gasteiger partial charge in [0.25, 0.3) is 0 Å². The van der Waals surface area contributed by atoms with Crippen molar-refractivity contribution in [2.45, 2.75) is 39.7 Å². The van der Waals surface area contributed by atoms with Crippen molar-refractivity contribution in [3.63, 3.8) is 0 Å². The van der Waals surface area contributed by atoms with Crippen LogP contribution in [-0.2, 0) is 0 Å². The Morgan fingerprint density at radius 2 is 2.13 bits per heavy atom. The summed E-state index contributed by atoms with van der Waals surface area (Å²) in [6.45, 7) is 7.93. The van der Waals surface area contributed by atoms with Crippen LogP contribution in [-0.4, -0.2) is 6.54 Å². The number of hydrogen-bond donors (Lipinski definition) is 1. The van der Waals surface area contributed by atoms with Crippen LogP contribution in [0.1, 0.15) is 42.5 Å². The van der Waals surface area contributed by atoms with Crippen molar-refractivity contribution < 1.29 is 0 Å². The molecule has 0 aromatic heterocycles. The molecule has 0 bridgehead atoms. The van der Waals surface area contributed by atoms with Crippen molar-refractivity contribution in [2.75, 3.05) is 6.54 Å². The van der Waals surface area contributed by atoms with Gasteiger partial charge in [-0.1, -0.05) is 31.5 Å². The second kappa shape index (κ2) is 4.36. The van der Waals surface area contributed by atoms with Crippen molar-refractivity contribution in [3.05, 3.63) is 34.9 Å². The summed E-state index contributed by atoms with van der Waals surface area (Å²) in [7, 11) is 0. The second-order valence-electron chi connectivity index (χ2n) is 4.68. The van der Waals surface area contributed by atoms with Gasteiger partial charge in [-0.25, -0.2) is 0 Å². The minimum absolute atomic E-state index is 0.592. The summed E-state index contributed by atoms with van der Waals surface area (Å²) in [5, 5.41) is 3.64. The molecular formula is C14H21N. The first-order chi connectivity index (χ1) is 7.24. The third-order valence-corrected chi connectivity index (χ3v) is 3.86. The molecule has 1 aromatic carbocycles. The van der Waals surface area contributed by atoms with Crippen LogP contribution in [0, 0.1) is 19.8 Å². The highest BCUT2D eigenvalue weighted by molar-refractivity contribution is 5.36. The van der Waals surface area contributed by atoms with E-state index < -0.39 is 0 Å². The molecule has 82 valence electrons. The zero-order chi connectivity index (χ0) is 10.8. The van der Waals surface area contributed by atoms with Gasteiger partial charge in [-0.15, -0.1) is 0 Å². The molecule has 1 N–H and O–H groups in total. The van der Waals surface area contributed by atoms with Crippen molar-refractivity contribution in [2.24, 2.45) is 5.92 Å². The SMILES string of the molecule is CCC1CCNC1c1cccc(C)c1C. The summed E-state index contributed by atoms with van der Waals surface area (Å²) < 4.78 is 0. The number of rotatable bonds is 2. The topological polar surface area (TPSA) is 12.0 Å². The van der Waals surface area contributed by atoms with E-state index in [1.807, 2.05) is 0 Å². The van der Waals surface area contributed by atoms with Crippen molar-refractivity contribution in [1.29, 1.82) is 0 Å². The third kappa shape index (κ3) is 1.93. The van der Waals surface area contributed by atoms with Gasteiger partial charge in [-0.3, -0.25) is 0 Å². The van der Waals surface area contributed by atoms with Gasteiger partial charge in [0, 0.05) is 6.04 Å². The van der Waals surface area contributed by atoms with Gasteiger partial charge >= 0.3 is 0 Å². The molecule has 1 nitrogen and oxygen atoms in total. The third-order valence-electron chi connectivity index (χ3n) is 3.86. The van der Waals surface area contributed by atoms with E-state index >= 15 is 0 Å². The molecule has 0 radical (unpaired) electrons. The number of aryl methyl sites for hydroxylation is 1. The Morgan fingerprint density at radius 3 is 2.87 bits per heavy atom. The van der Waals surface area contributed by atoms with Crippen LogP contribution in [0.2, 0.25) is 0 Å². The van der Waals surface area contributed by atoms with Crippen LogP contribution >= 0.6 is 0 Å². The van der Waals surface area contributed by atoms with Gasteiger partial charge in [-0.2, -0.15) is 0 Å². The first-order valence-electron chi connectivity index (χ1n) is 6.03. The monoisotopic (exact) mass is 203 g/mol. The summed E-state index contributed by atoms with van der Waals surface area (Å²) in [4.78, 5) is 0. The minimum atomic E-state index is 0.592. The van der Waals surface area contributed by atoms with Crippen LogP contribution in [0.4, 0.5) is 0 Å². The molecule has 2 atom stereocenters. The smallest absolute Gasteiger partial charge is 0.0351 e. The summed E-state index contributed by atoms with van der Waals surface area (Å²) in [5.74, 6) is 0.825. The Kier molecular flexibility index (Phi) is 3.11. The maximum atomic E-state index is 3.64. The van der Waals surface area contributed by atoms with Gasteiger partial charge < -0.3 is 5.32 Å². The van der Waals surface area contributed by atoms with E-state index in [2.05, 4.69) is 44.3 Å². The highest BCUT2D eigenvalue weighted by atomic mass is 15.0. The van der Waals surface area contributed by atoms with E-state index in [9.17, 15) is 0 Å². The fourth-order valence-corrected chi connectivity index (χ4v) is 2.67. The minimum Gasteiger partial charge on any atom is -0.310 e. The van der Waals surface area contributed by atoms with Gasteiger partial charge in [-0.05, 0) is 49.4 Å². The fourth-order valence-electron chi connectivity index (χ4n) is 2.67. The summed E-state index contributed by atoms with van der Waals surface area (Å²) >= 11 is 0. The fraction of sp³-hybridized carbons (Fsp3) is 0.571. The molecule has 1 aliphatic rings. The molecule has 1 fully saturated rings. The van der Waals surface area contributed by atoms with Gasteiger partial charge in [0.1, 0.15) is 0 Å². The lowest BCUT2D eigenvalue weighted by atomic mass is 9.88. The molecule has 0 saturated carbocycles. The molecule has 2 rings (SSSR count). The van der Waals surface area contributed by atoms with Crippen LogP contribution in [0.15, 0.2) is 18.2 Å². The Morgan fingerprint density at radius 1 is 1.33 bits per heavy atom. The van der Waals surface area contributed by atoms with E-state index in [0.29, 0.717) is 6.04 Å². The maximum Gasteiger partial charge on any atom is 0.0351 e. The van der Waals surface area contributed by atoms with Crippen LogP contribution < -0.4 is 5.32 Å². The molecule has 15 heavy (non-hydrogen) atoms. The van der Waals surface area contributed by atoms with Crippen molar-refractivity contribution in [3.8, 4) is 0 Å². The van der Waals surface area contributed by atoms with E-state index in [4.69, 9.17) is 0 Å². The predicted molar refractivity (Wildman–Crippen MR) is 65.1 cm³/mol. The Balaban J connectivity index is 2.32. The molecule has 1 aromatic rings. The first-order valence-corrected chi connectivity index (χ1v) is 6.03. The predicted octanol–water partition coefficient (Wildman–Crippen LogP) is 3.36. The second-order valence-corrected chi connectivity index (χ2v) is 4.68. The normalized spacial score (nSPS) is 25.8. The number of nitrogens with one attached hydrogen (secondary N) is 1. The lowest BCUT2D eigenvalue weighted by Gasteiger charge is -2.21. The van der Waals surface area contributed by atoms with Crippen LogP contribution in [0.5, 0.6) is 0 Å². The lowest BCUT2D eigenvalue weighted by molar-refractivity contribution is 0.448. The molecule has 2 unspecified atom stereocenters. The average molecular weight is 203 g/mol. The van der Waals surface area contributed by atoms with Gasteiger partial charge in [0.15, 0.2) is 0 Å². The summed E-state index contributed by atoms with van der Waals surface area (Å²) in [6.07, 6.45) is 2.61. The molecule has 1 heteroatoms. The molecule has 0 spiro atoms. The number of hydrogen-bond acceptors (Lipinski definition) is 1. The Labute approximate surface area is 92.9 Å². The highest BCUT2D eigenvalue weighted by Crippen LogP contribution is 2.33. The summed E-state index contributed by atoms with van der Waals surface area (Å²) in [6, 6.07) is 7.27. The molecule has 1 saturated heterocycles. The van der Waals surface area contributed by atoms with E-state index in [1.165, 1.54) is 36.1 Å². The van der Waals surface area contributed by atoms with Crippen LogP contribution in [0.3, 0.4) is 0 Å². The first kappa shape index (κ1) is 10.7. The standard InChI is InChI=1S/C14H21N/c1-4-12-8-9-15-14(12)13-7-5-6-10(2)11(13)3/h5-7,12,14-15H,4,8-9H2,1-3H3. The van der Waals surface area contributed by atoms with Gasteiger partial charge in [0.05, 0.1) is 0 Å². The summed E-state index contributed by atoms with van der Waals surface area (Å²) in [5.41, 5.74) is 4.39. The largest absolute Gasteiger partial charge is 0.310 e. The van der Waals surface area contributed by atoms with Crippen molar-refractivity contribution >= 4 is 0 Å². The molecule has 1 heterocycles. The quantitative estimate of drug-likeness (QED) is 0.777. The van der Waals surface area contributed by atoms with Crippen molar-refractivity contribution in [1.82, 2.24) is 5.32 Å². The zero-order valence-electron chi connectivity index (χ0n) is 10.0. The Hall–Kier alpha value is -0.820. The van der Waals surface area contributed by atoms with E-state index in [0.717, 1.165) is 5.92 Å². The maximum absolute atomic E-state index is 3.64. The average Bonchev–Trinajstić information content (AvgIpc) is 2.70. The zero-order valence-corrected chi connectivity index (χ0v) is 10.0. The van der Waals surface area contributed by atoms with Crippen LogP contribution in [0.25, 0.3) is 0 Å². The van der Waals surface area contributed by atoms with E-state index in [-0.39, 0.29) is 0 Å². The molecular weight excluding hydrogens is 182 g/mol. The molecule has 0 amide bonds. The Bertz CT molecular complexity index is 343. The molecule has 1 aliphatic heterocycles. The highest BCUT2D eigenvalue weighted by Gasteiger charge is 2.27. The van der Waals surface area contributed by atoms with E-state index in [1.54, 1.807) is 0 Å².